The van der Waals surface area contributed by atoms with E-state index in [1.165, 1.54) is 12.1 Å². The first-order chi connectivity index (χ1) is 15.5. The minimum absolute atomic E-state index is 0.0292. The highest BCUT2D eigenvalue weighted by atomic mass is 35.5. The Morgan fingerprint density at radius 3 is 2.19 bits per heavy atom. The molecule has 3 aromatic carbocycles. The molecule has 3 aromatic rings. The number of benzene rings is 3. The third-order valence-electron chi connectivity index (χ3n) is 5.22. The van der Waals surface area contributed by atoms with Gasteiger partial charge in [0.1, 0.15) is 5.69 Å². The first kappa shape index (κ1) is 21.2. The molecule has 0 saturated carbocycles. The predicted molar refractivity (Wildman–Crippen MR) is 124 cm³/mol. The molecule has 0 unspecified atom stereocenters. The zero-order chi connectivity index (χ0) is 22.7. The van der Waals surface area contributed by atoms with Crippen LogP contribution in [0, 0.1) is 20.2 Å². The lowest BCUT2D eigenvalue weighted by Gasteiger charge is -2.15. The second-order valence-corrected chi connectivity index (χ2v) is 7.53. The Balaban J connectivity index is 1.72. The predicted octanol–water partition coefficient (Wildman–Crippen LogP) is 6.11. The van der Waals surface area contributed by atoms with Crippen molar-refractivity contribution >= 4 is 39.9 Å². The number of nitrogens with one attached hydrogen (secondary N) is 1. The second kappa shape index (κ2) is 8.99. The average molecular weight is 449 g/mol. The summed E-state index contributed by atoms with van der Waals surface area (Å²) in [4.78, 5) is 21.0. The van der Waals surface area contributed by atoms with E-state index < -0.39 is 15.5 Å². The van der Waals surface area contributed by atoms with Gasteiger partial charge in [-0.1, -0.05) is 72.3 Å². The number of hydrogen-bond donors (Lipinski definition) is 1. The molecule has 1 N–H and O–H groups in total. The summed E-state index contributed by atoms with van der Waals surface area (Å²) in [6.07, 6.45) is 0.501. The molecule has 0 saturated heterocycles. The molecule has 32 heavy (non-hydrogen) atoms. The maximum Gasteiger partial charge on any atom is 0.301 e. The van der Waals surface area contributed by atoms with Crippen molar-refractivity contribution < 1.29 is 9.85 Å². The van der Waals surface area contributed by atoms with E-state index >= 15 is 0 Å². The molecule has 1 aliphatic carbocycles. The average Bonchev–Trinajstić information content (AvgIpc) is 3.14. The lowest BCUT2D eigenvalue weighted by molar-refractivity contribution is -0.393. The second-order valence-electron chi connectivity index (χ2n) is 7.15. The van der Waals surface area contributed by atoms with Crippen molar-refractivity contribution in [1.82, 2.24) is 0 Å². The standard InChI is InChI=1S/C23H17ClN4O4/c24-23-20(26-25-19-12-11-17(27(29)30)13-21(19)28(31)32)14-18(15-7-3-1-4-8-15)22(23)16-9-5-2-6-10-16/h1-13,18,25H,14H2/b26-20-/t18-/m1/s1. The van der Waals surface area contributed by atoms with E-state index in [9.17, 15) is 20.2 Å². The van der Waals surface area contributed by atoms with Gasteiger partial charge in [-0.15, -0.1) is 0 Å². The maximum atomic E-state index is 11.4. The number of rotatable bonds is 6. The van der Waals surface area contributed by atoms with Crippen LogP contribution in [-0.4, -0.2) is 15.6 Å². The van der Waals surface area contributed by atoms with Gasteiger partial charge in [-0.3, -0.25) is 25.7 Å². The van der Waals surface area contributed by atoms with Crippen molar-refractivity contribution in [3.05, 3.63) is 115 Å². The summed E-state index contributed by atoms with van der Waals surface area (Å²) < 4.78 is 0. The summed E-state index contributed by atoms with van der Waals surface area (Å²) in [5.41, 5.74) is 5.44. The summed E-state index contributed by atoms with van der Waals surface area (Å²) in [7, 11) is 0. The van der Waals surface area contributed by atoms with Gasteiger partial charge in [0, 0.05) is 18.4 Å². The van der Waals surface area contributed by atoms with Gasteiger partial charge in [0.05, 0.1) is 26.7 Å². The molecule has 8 nitrogen and oxygen atoms in total. The lowest BCUT2D eigenvalue weighted by atomic mass is 9.88. The summed E-state index contributed by atoms with van der Waals surface area (Å²) in [6.45, 7) is 0. The Kier molecular flexibility index (Phi) is 5.96. The van der Waals surface area contributed by atoms with Crippen molar-refractivity contribution in [3.63, 3.8) is 0 Å². The van der Waals surface area contributed by atoms with Crippen molar-refractivity contribution in [2.24, 2.45) is 5.10 Å². The van der Waals surface area contributed by atoms with Crippen LogP contribution < -0.4 is 5.43 Å². The molecule has 0 aromatic heterocycles. The molecule has 0 bridgehead atoms. The van der Waals surface area contributed by atoms with Gasteiger partial charge in [-0.25, -0.2) is 0 Å². The Morgan fingerprint density at radius 2 is 1.56 bits per heavy atom. The number of nitro benzene ring substituents is 2. The highest BCUT2D eigenvalue weighted by molar-refractivity contribution is 6.48. The van der Waals surface area contributed by atoms with Crippen LogP contribution >= 0.6 is 11.6 Å². The third-order valence-corrected chi connectivity index (χ3v) is 5.64. The van der Waals surface area contributed by atoms with Gasteiger partial charge in [0.2, 0.25) is 0 Å². The summed E-state index contributed by atoms with van der Waals surface area (Å²) in [6, 6.07) is 23.0. The van der Waals surface area contributed by atoms with Crippen LogP contribution in [0.2, 0.25) is 0 Å². The van der Waals surface area contributed by atoms with Crippen LogP contribution in [0.5, 0.6) is 0 Å². The normalized spacial score (nSPS) is 16.9. The van der Waals surface area contributed by atoms with E-state index in [1.54, 1.807) is 0 Å². The third kappa shape index (κ3) is 4.21. The van der Waals surface area contributed by atoms with E-state index in [-0.39, 0.29) is 17.3 Å². The Morgan fingerprint density at radius 1 is 0.906 bits per heavy atom. The maximum absolute atomic E-state index is 11.4. The molecule has 9 heteroatoms. The van der Waals surface area contributed by atoms with Gasteiger partial charge < -0.3 is 0 Å². The molecular formula is C23H17ClN4O4. The SMILES string of the molecule is O=[N+]([O-])c1ccc(N/N=C2/C[C@H](c3ccccc3)C(c3ccccc3)=C2Cl)c([N+](=O)[O-])c1. The molecule has 1 aliphatic rings. The summed E-state index contributed by atoms with van der Waals surface area (Å²) >= 11 is 6.74. The van der Waals surface area contributed by atoms with Crippen LogP contribution in [0.3, 0.4) is 0 Å². The van der Waals surface area contributed by atoms with Gasteiger partial charge >= 0.3 is 5.69 Å². The molecule has 0 fully saturated rings. The zero-order valence-electron chi connectivity index (χ0n) is 16.6. The molecule has 0 aliphatic heterocycles. The molecule has 0 spiro atoms. The van der Waals surface area contributed by atoms with E-state index in [4.69, 9.17) is 11.6 Å². The van der Waals surface area contributed by atoms with Gasteiger partial charge in [0.15, 0.2) is 0 Å². The number of hydrogen-bond acceptors (Lipinski definition) is 6. The number of nitro groups is 2. The van der Waals surface area contributed by atoms with Gasteiger partial charge in [-0.05, 0) is 22.8 Å². The monoisotopic (exact) mass is 448 g/mol. The Hall–Kier alpha value is -4.04. The van der Waals surface area contributed by atoms with Crippen molar-refractivity contribution in [2.75, 3.05) is 5.43 Å². The quantitative estimate of drug-likeness (QED) is 0.361. The molecule has 0 heterocycles. The van der Waals surface area contributed by atoms with Gasteiger partial charge in [-0.2, -0.15) is 5.10 Å². The summed E-state index contributed by atoms with van der Waals surface area (Å²) in [5.74, 6) is -0.0292. The largest absolute Gasteiger partial charge is 0.301 e. The Labute approximate surface area is 188 Å². The van der Waals surface area contributed by atoms with Crippen LogP contribution in [0.15, 0.2) is 89.0 Å². The first-order valence-corrected chi connectivity index (χ1v) is 10.1. The minimum Gasteiger partial charge on any atom is -0.271 e. The highest BCUT2D eigenvalue weighted by Crippen LogP contribution is 2.45. The van der Waals surface area contributed by atoms with E-state index in [0.29, 0.717) is 17.2 Å². The van der Waals surface area contributed by atoms with Crippen LogP contribution in [0.1, 0.15) is 23.5 Å². The number of nitrogens with zero attached hydrogens (tertiary/aromatic N) is 3. The van der Waals surface area contributed by atoms with Crippen molar-refractivity contribution in [1.29, 1.82) is 0 Å². The van der Waals surface area contributed by atoms with Crippen LogP contribution in [0.4, 0.5) is 17.1 Å². The highest BCUT2D eigenvalue weighted by Gasteiger charge is 2.32. The zero-order valence-corrected chi connectivity index (χ0v) is 17.4. The lowest BCUT2D eigenvalue weighted by Crippen LogP contribution is -2.03. The first-order valence-electron chi connectivity index (χ1n) is 9.71. The number of anilines is 1. The molecule has 0 radical (unpaired) electrons. The number of halogens is 1. The van der Waals surface area contributed by atoms with Crippen molar-refractivity contribution in [2.45, 2.75) is 12.3 Å². The molecule has 4 rings (SSSR count). The fourth-order valence-corrected chi connectivity index (χ4v) is 4.07. The topological polar surface area (TPSA) is 111 Å². The molecule has 0 amide bonds. The van der Waals surface area contributed by atoms with Crippen molar-refractivity contribution in [3.8, 4) is 0 Å². The van der Waals surface area contributed by atoms with Crippen LogP contribution in [0.25, 0.3) is 5.57 Å². The van der Waals surface area contributed by atoms with E-state index in [0.717, 1.165) is 22.8 Å². The molecule has 160 valence electrons. The van der Waals surface area contributed by atoms with Crippen LogP contribution in [-0.2, 0) is 0 Å². The number of hydrazone groups is 1. The Bertz CT molecular complexity index is 1240. The number of allylic oxidation sites excluding steroid dienone is 2. The number of non-ortho nitro benzene ring substituents is 1. The molecular weight excluding hydrogens is 432 g/mol. The minimum atomic E-state index is -0.691. The molecule has 1 atom stereocenters. The fraction of sp³-hybridized carbons (Fsp3) is 0.0870. The van der Waals surface area contributed by atoms with E-state index in [2.05, 4.69) is 10.5 Å². The van der Waals surface area contributed by atoms with Gasteiger partial charge in [0.25, 0.3) is 5.69 Å². The smallest absolute Gasteiger partial charge is 0.271 e. The summed E-state index contributed by atoms with van der Waals surface area (Å²) in [5, 5.41) is 27.2. The van der Waals surface area contributed by atoms with E-state index in [1.807, 2.05) is 60.7 Å². The fourth-order valence-electron chi connectivity index (χ4n) is 3.71.